The maximum absolute atomic E-state index is 9.07. The van der Waals surface area contributed by atoms with Gasteiger partial charge in [-0.1, -0.05) is 49.7 Å². The smallest absolute Gasteiger partial charge is 0.161 e. The van der Waals surface area contributed by atoms with Crippen LogP contribution < -0.4 is 9.47 Å². The average molecular weight is 300 g/mol. The molecule has 0 aliphatic rings. The lowest BCUT2D eigenvalue weighted by molar-refractivity contribution is 0.258. The molecule has 0 unspecified atom stereocenters. The largest absolute Gasteiger partial charge is 0.490 e. The average Bonchev–Trinajstić information content (AvgIpc) is 2.55. The van der Waals surface area contributed by atoms with Gasteiger partial charge in [-0.3, -0.25) is 0 Å². The molecule has 0 aromatic heterocycles. The van der Waals surface area contributed by atoms with E-state index in [1.54, 1.807) is 0 Å². The van der Waals surface area contributed by atoms with Crippen LogP contribution >= 0.6 is 0 Å². The molecule has 0 amide bonds. The lowest BCUT2D eigenvalue weighted by Gasteiger charge is -2.14. The zero-order chi connectivity index (χ0) is 15.6. The third-order valence-corrected chi connectivity index (χ3v) is 3.40. The van der Waals surface area contributed by atoms with E-state index in [9.17, 15) is 0 Å². The van der Waals surface area contributed by atoms with Crippen LogP contribution in [0.25, 0.3) is 0 Å². The number of ether oxygens (including phenoxy) is 2. The topological polar surface area (TPSA) is 38.7 Å². The summed E-state index contributed by atoms with van der Waals surface area (Å²) in [4.78, 5) is 0. The third-order valence-electron chi connectivity index (χ3n) is 3.40. The minimum Gasteiger partial charge on any atom is -0.490 e. The number of unbranched alkanes of at least 4 members (excludes halogenated alkanes) is 1. The minimum atomic E-state index is 0.138. The van der Waals surface area contributed by atoms with Crippen molar-refractivity contribution in [1.29, 1.82) is 0 Å². The fraction of sp³-hybridized carbons (Fsp3) is 0.368. The van der Waals surface area contributed by atoms with Crippen molar-refractivity contribution >= 4 is 0 Å². The Labute approximate surface area is 132 Å². The van der Waals surface area contributed by atoms with Crippen LogP contribution in [0.5, 0.6) is 11.5 Å². The first-order valence-corrected chi connectivity index (χ1v) is 7.86. The summed E-state index contributed by atoms with van der Waals surface area (Å²) in [6.07, 6.45) is 2.74. The van der Waals surface area contributed by atoms with Crippen LogP contribution in [0.15, 0.2) is 48.5 Å². The summed E-state index contributed by atoms with van der Waals surface area (Å²) >= 11 is 0. The molecule has 2 rings (SSSR count). The van der Waals surface area contributed by atoms with Gasteiger partial charge in [0.25, 0.3) is 0 Å². The summed E-state index contributed by atoms with van der Waals surface area (Å²) in [6, 6.07) is 15.9. The molecule has 0 saturated carbocycles. The fourth-order valence-corrected chi connectivity index (χ4v) is 2.13. The van der Waals surface area contributed by atoms with E-state index in [4.69, 9.17) is 14.6 Å². The molecule has 22 heavy (non-hydrogen) atoms. The van der Waals surface area contributed by atoms with Crippen molar-refractivity contribution < 1.29 is 14.6 Å². The van der Waals surface area contributed by atoms with Crippen molar-refractivity contribution in [1.82, 2.24) is 0 Å². The molecule has 0 aliphatic heterocycles. The lowest BCUT2D eigenvalue weighted by Crippen LogP contribution is -2.02. The Morgan fingerprint density at radius 2 is 1.73 bits per heavy atom. The highest BCUT2D eigenvalue weighted by atomic mass is 16.5. The maximum atomic E-state index is 9.07. The van der Waals surface area contributed by atoms with Gasteiger partial charge < -0.3 is 14.6 Å². The second kappa shape index (κ2) is 9.11. The summed E-state index contributed by atoms with van der Waals surface area (Å²) < 4.78 is 11.7. The molecule has 0 saturated heterocycles. The number of aliphatic hydroxyl groups excluding tert-OH is 1. The summed E-state index contributed by atoms with van der Waals surface area (Å²) in [5.41, 5.74) is 2.18. The molecule has 0 radical (unpaired) electrons. The zero-order valence-corrected chi connectivity index (χ0v) is 13.1. The van der Waals surface area contributed by atoms with Crippen molar-refractivity contribution in [3.05, 3.63) is 59.7 Å². The number of hydrogen-bond acceptors (Lipinski definition) is 3. The second-order valence-electron chi connectivity index (χ2n) is 5.23. The van der Waals surface area contributed by atoms with E-state index >= 15 is 0 Å². The fourth-order valence-electron chi connectivity index (χ4n) is 2.13. The minimum absolute atomic E-state index is 0.138. The SMILES string of the molecule is CCCCOc1cc(CCO)ccc1OCc1ccccc1. The molecule has 2 aromatic carbocycles. The van der Waals surface area contributed by atoms with Crippen molar-refractivity contribution in [2.75, 3.05) is 13.2 Å². The molecular weight excluding hydrogens is 276 g/mol. The molecule has 3 nitrogen and oxygen atoms in total. The van der Waals surface area contributed by atoms with Crippen molar-refractivity contribution in [2.24, 2.45) is 0 Å². The molecule has 2 aromatic rings. The summed E-state index contributed by atoms with van der Waals surface area (Å²) in [6.45, 7) is 3.47. The molecule has 0 aliphatic carbocycles. The number of rotatable bonds is 9. The predicted octanol–water partition coefficient (Wildman–Crippen LogP) is 3.98. The number of aliphatic hydroxyl groups is 1. The monoisotopic (exact) mass is 300 g/mol. The van der Waals surface area contributed by atoms with Gasteiger partial charge in [-0.15, -0.1) is 0 Å². The van der Waals surface area contributed by atoms with Crippen LogP contribution in [-0.4, -0.2) is 18.3 Å². The van der Waals surface area contributed by atoms with Gasteiger partial charge in [0.1, 0.15) is 6.61 Å². The second-order valence-corrected chi connectivity index (χ2v) is 5.23. The molecule has 0 fully saturated rings. The van der Waals surface area contributed by atoms with E-state index < -0.39 is 0 Å². The normalized spacial score (nSPS) is 10.5. The lowest BCUT2D eigenvalue weighted by atomic mass is 10.1. The van der Waals surface area contributed by atoms with Gasteiger partial charge in [-0.25, -0.2) is 0 Å². The summed E-state index contributed by atoms with van der Waals surface area (Å²) in [5, 5.41) is 9.07. The van der Waals surface area contributed by atoms with E-state index in [-0.39, 0.29) is 6.61 Å². The summed E-state index contributed by atoms with van der Waals surface area (Å²) in [7, 11) is 0. The van der Waals surface area contributed by atoms with Crippen LogP contribution in [0.3, 0.4) is 0 Å². The number of benzene rings is 2. The van der Waals surface area contributed by atoms with E-state index in [0.717, 1.165) is 35.5 Å². The van der Waals surface area contributed by atoms with Gasteiger partial charge in [-0.05, 0) is 36.1 Å². The standard InChI is InChI=1S/C19H24O3/c1-2-3-13-21-19-14-16(11-12-20)9-10-18(19)22-15-17-7-5-4-6-8-17/h4-10,14,20H,2-3,11-13,15H2,1H3. The molecule has 3 heteroatoms. The van der Waals surface area contributed by atoms with Gasteiger partial charge in [0.15, 0.2) is 11.5 Å². The van der Waals surface area contributed by atoms with E-state index in [0.29, 0.717) is 19.6 Å². The Hall–Kier alpha value is -2.00. The highest BCUT2D eigenvalue weighted by Gasteiger charge is 2.07. The Morgan fingerprint density at radius 1 is 0.909 bits per heavy atom. The van der Waals surface area contributed by atoms with Crippen LogP contribution in [-0.2, 0) is 13.0 Å². The molecule has 0 atom stereocenters. The third kappa shape index (κ3) is 5.08. The Kier molecular flexibility index (Phi) is 6.78. The predicted molar refractivity (Wildman–Crippen MR) is 88.4 cm³/mol. The zero-order valence-electron chi connectivity index (χ0n) is 13.1. The van der Waals surface area contributed by atoms with Crippen LogP contribution in [0.4, 0.5) is 0 Å². The van der Waals surface area contributed by atoms with Crippen molar-refractivity contribution in [3.63, 3.8) is 0 Å². The summed E-state index contributed by atoms with van der Waals surface area (Å²) in [5.74, 6) is 1.51. The van der Waals surface area contributed by atoms with Crippen LogP contribution in [0.1, 0.15) is 30.9 Å². The Morgan fingerprint density at radius 3 is 2.45 bits per heavy atom. The van der Waals surface area contributed by atoms with Crippen LogP contribution in [0.2, 0.25) is 0 Å². The van der Waals surface area contributed by atoms with Gasteiger partial charge in [0, 0.05) is 6.61 Å². The number of hydrogen-bond donors (Lipinski definition) is 1. The molecule has 0 spiro atoms. The van der Waals surface area contributed by atoms with Gasteiger partial charge in [-0.2, -0.15) is 0 Å². The molecule has 0 bridgehead atoms. The van der Waals surface area contributed by atoms with Crippen LogP contribution in [0, 0.1) is 0 Å². The highest BCUT2D eigenvalue weighted by molar-refractivity contribution is 5.43. The maximum Gasteiger partial charge on any atom is 0.161 e. The molecule has 0 heterocycles. The van der Waals surface area contributed by atoms with E-state index in [2.05, 4.69) is 6.92 Å². The van der Waals surface area contributed by atoms with Gasteiger partial charge in [0.05, 0.1) is 6.61 Å². The first kappa shape index (κ1) is 16.4. The molecule has 118 valence electrons. The highest BCUT2D eigenvalue weighted by Crippen LogP contribution is 2.29. The van der Waals surface area contributed by atoms with Gasteiger partial charge >= 0.3 is 0 Å². The van der Waals surface area contributed by atoms with Gasteiger partial charge in [0.2, 0.25) is 0 Å². The first-order chi connectivity index (χ1) is 10.8. The Bertz CT molecular complexity index is 552. The van der Waals surface area contributed by atoms with Crippen molar-refractivity contribution in [2.45, 2.75) is 32.8 Å². The molecule has 1 N–H and O–H groups in total. The first-order valence-electron chi connectivity index (χ1n) is 7.86. The van der Waals surface area contributed by atoms with E-state index in [1.165, 1.54) is 0 Å². The molecular formula is C19H24O3. The Balaban J connectivity index is 2.06. The van der Waals surface area contributed by atoms with Crippen molar-refractivity contribution in [3.8, 4) is 11.5 Å². The quantitative estimate of drug-likeness (QED) is 0.712. The van der Waals surface area contributed by atoms with E-state index in [1.807, 2.05) is 48.5 Å².